The summed E-state index contributed by atoms with van der Waals surface area (Å²) in [5, 5.41) is 16.7. The van der Waals surface area contributed by atoms with E-state index in [1.807, 2.05) is 12.1 Å². The molecule has 192 valence electrons. The molecule has 3 heterocycles. The van der Waals surface area contributed by atoms with Crippen LogP contribution in [0.3, 0.4) is 0 Å². The van der Waals surface area contributed by atoms with E-state index < -0.39 is 23.8 Å². The van der Waals surface area contributed by atoms with Crippen LogP contribution in [0, 0.1) is 10.8 Å². The number of aryl methyl sites for hydroxylation is 1. The number of benzene rings is 1. The van der Waals surface area contributed by atoms with Gasteiger partial charge >= 0.3 is 11.7 Å². The molecule has 1 aromatic carbocycles. The van der Waals surface area contributed by atoms with Crippen LogP contribution in [0.5, 0.6) is 0 Å². The average Bonchev–Trinajstić information content (AvgIpc) is 3.44. The van der Waals surface area contributed by atoms with Crippen molar-refractivity contribution in [3.63, 3.8) is 0 Å². The van der Waals surface area contributed by atoms with Crippen molar-refractivity contribution in [2.24, 2.45) is 13.0 Å². The Bertz CT molecular complexity index is 1290. The number of hydrogen-bond acceptors (Lipinski definition) is 6. The van der Waals surface area contributed by atoms with Crippen LogP contribution >= 0.6 is 0 Å². The summed E-state index contributed by atoms with van der Waals surface area (Å²) in [5.74, 6) is -2.13. The summed E-state index contributed by atoms with van der Waals surface area (Å²) in [5.41, 5.74) is 1.79. The van der Waals surface area contributed by atoms with Gasteiger partial charge in [0.2, 0.25) is 17.9 Å². The van der Waals surface area contributed by atoms with Crippen LogP contribution in [0.4, 0.5) is 5.69 Å². The van der Waals surface area contributed by atoms with Gasteiger partial charge in [0.25, 0.3) is 0 Å². The lowest BCUT2D eigenvalue weighted by Crippen LogP contribution is -2.44. The van der Waals surface area contributed by atoms with Crippen molar-refractivity contribution in [1.82, 2.24) is 19.5 Å². The predicted molar refractivity (Wildman–Crippen MR) is 129 cm³/mol. The number of hydrogen-bond donors (Lipinski definition) is 3. The molecule has 3 aliphatic rings. The summed E-state index contributed by atoms with van der Waals surface area (Å²) in [7, 11) is 1.67. The molecule has 3 N–H and O–H groups in total. The van der Waals surface area contributed by atoms with Gasteiger partial charge in [-0.3, -0.25) is 28.8 Å². The van der Waals surface area contributed by atoms with E-state index in [-0.39, 0.29) is 43.1 Å². The number of carboxylic acid groups (broad SMARTS) is 1. The maximum Gasteiger partial charge on any atom is 0.329 e. The number of amides is 2. The van der Waals surface area contributed by atoms with Crippen molar-refractivity contribution in [1.29, 1.82) is 0 Å². The number of fused-ring (bicyclic) bond motifs is 1. The van der Waals surface area contributed by atoms with E-state index in [0.717, 1.165) is 23.4 Å². The highest BCUT2D eigenvalue weighted by Crippen LogP contribution is 2.31. The molecule has 12 heteroatoms. The first-order chi connectivity index (χ1) is 17.2. The van der Waals surface area contributed by atoms with Crippen LogP contribution in [-0.2, 0) is 21.4 Å². The minimum absolute atomic E-state index is 0.111. The van der Waals surface area contributed by atoms with E-state index in [4.69, 9.17) is 0 Å². The first-order valence-electron chi connectivity index (χ1n) is 12.5. The topological polar surface area (TPSA) is 146 Å². The molecule has 2 atom stereocenters. The van der Waals surface area contributed by atoms with Crippen LogP contribution < -0.4 is 16.3 Å². The van der Waals surface area contributed by atoms with Gasteiger partial charge in [0, 0.05) is 32.4 Å². The number of hydrazine groups is 1. The van der Waals surface area contributed by atoms with Crippen LogP contribution in [0.2, 0.25) is 0 Å². The summed E-state index contributed by atoms with van der Waals surface area (Å²) in [6.45, 7) is 0.732. The van der Waals surface area contributed by atoms with E-state index in [1.165, 1.54) is 9.13 Å². The van der Waals surface area contributed by atoms with Gasteiger partial charge in [0.05, 0.1) is 40.6 Å². The Labute approximate surface area is 206 Å². The number of nitroso groups, excluding NO2 is 1. The Kier molecular flexibility index (Phi) is 6.27. The number of piperidine rings is 1. The van der Waals surface area contributed by atoms with Crippen molar-refractivity contribution in [3.8, 4) is 0 Å². The quantitative estimate of drug-likeness (QED) is 0.396. The molecule has 5 rings (SSSR count). The van der Waals surface area contributed by atoms with Crippen molar-refractivity contribution in [2.75, 3.05) is 18.4 Å². The highest BCUT2D eigenvalue weighted by molar-refractivity contribution is 6.00. The predicted octanol–water partition coefficient (Wildman–Crippen LogP) is 1.14. The number of aliphatic carboxylic acids is 1. The zero-order chi connectivity index (χ0) is 25.6. The van der Waals surface area contributed by atoms with Gasteiger partial charge in [-0.05, 0) is 37.8 Å². The van der Waals surface area contributed by atoms with E-state index in [0.29, 0.717) is 36.8 Å². The van der Waals surface area contributed by atoms with Crippen molar-refractivity contribution >= 4 is 34.5 Å². The van der Waals surface area contributed by atoms with Crippen molar-refractivity contribution in [2.45, 2.75) is 63.1 Å². The summed E-state index contributed by atoms with van der Waals surface area (Å²) in [4.78, 5) is 62.2. The second kappa shape index (κ2) is 9.40. The van der Waals surface area contributed by atoms with Crippen LogP contribution in [0.1, 0.15) is 51.0 Å². The maximum atomic E-state index is 13.1. The number of carbonyl (C=O) groups is 3. The van der Waals surface area contributed by atoms with E-state index in [2.05, 4.69) is 10.6 Å². The number of imide groups is 1. The number of carboxylic acids is 1. The monoisotopic (exact) mass is 499 g/mol. The molecule has 0 radical (unpaired) electrons. The number of anilines is 1. The molecule has 1 aliphatic carbocycles. The van der Waals surface area contributed by atoms with E-state index >= 15 is 0 Å². The first kappa shape index (κ1) is 24.0. The SMILES string of the molecule is Cn1c(=O)n(C2CCC(=O)NC2=O)c2cccc(NC3CCC([N+](=O)N4CC[C@H](C(=O)O)C4)CC3)c21. The fourth-order valence-electron chi connectivity index (χ4n) is 5.80. The molecular weight excluding hydrogens is 468 g/mol. The summed E-state index contributed by atoms with van der Waals surface area (Å²) >= 11 is 0. The lowest BCUT2D eigenvalue weighted by molar-refractivity contribution is -0.734. The van der Waals surface area contributed by atoms with Crippen molar-refractivity contribution in [3.05, 3.63) is 33.6 Å². The summed E-state index contributed by atoms with van der Waals surface area (Å²) in [6, 6.07) is 4.74. The molecule has 2 amide bonds. The Morgan fingerprint density at radius 2 is 1.86 bits per heavy atom. The lowest BCUT2D eigenvalue weighted by Gasteiger charge is -2.27. The minimum Gasteiger partial charge on any atom is -0.481 e. The number of aromatic nitrogens is 2. The maximum absolute atomic E-state index is 13.1. The van der Waals surface area contributed by atoms with E-state index in [1.54, 1.807) is 18.1 Å². The van der Waals surface area contributed by atoms with Gasteiger partial charge in [0.15, 0.2) is 0 Å². The highest BCUT2D eigenvalue weighted by atomic mass is 16.4. The molecule has 0 spiro atoms. The molecule has 1 saturated carbocycles. The third kappa shape index (κ3) is 4.24. The third-order valence-electron chi connectivity index (χ3n) is 7.79. The molecule has 2 aliphatic heterocycles. The number of carbonyl (C=O) groups excluding carboxylic acids is 2. The Hall–Kier alpha value is -3.70. The summed E-state index contributed by atoms with van der Waals surface area (Å²) < 4.78 is 2.99. The minimum atomic E-state index is -0.853. The number of nitrogens with one attached hydrogen (secondary N) is 2. The molecule has 3 fully saturated rings. The molecule has 36 heavy (non-hydrogen) atoms. The van der Waals surface area contributed by atoms with Gasteiger partial charge in [-0.2, -0.15) is 0 Å². The fraction of sp³-hybridized carbons (Fsp3) is 0.583. The Morgan fingerprint density at radius 3 is 2.53 bits per heavy atom. The smallest absolute Gasteiger partial charge is 0.329 e. The van der Waals surface area contributed by atoms with Gasteiger partial charge in [-0.25, -0.2) is 4.79 Å². The molecule has 1 aromatic heterocycles. The van der Waals surface area contributed by atoms with Crippen LogP contribution in [0.15, 0.2) is 23.0 Å². The highest BCUT2D eigenvalue weighted by Gasteiger charge is 2.41. The Morgan fingerprint density at radius 1 is 1.11 bits per heavy atom. The molecule has 12 nitrogen and oxygen atoms in total. The third-order valence-corrected chi connectivity index (χ3v) is 7.79. The molecule has 2 saturated heterocycles. The second-order valence-corrected chi connectivity index (χ2v) is 10.0. The zero-order valence-corrected chi connectivity index (χ0v) is 20.2. The normalized spacial score (nSPS) is 26.8. The van der Waals surface area contributed by atoms with Gasteiger partial charge in [-0.1, -0.05) is 6.07 Å². The van der Waals surface area contributed by atoms with Crippen LogP contribution in [-0.4, -0.2) is 67.1 Å². The number of nitrogens with zero attached hydrogens (tertiary/aromatic N) is 4. The van der Waals surface area contributed by atoms with Crippen LogP contribution in [0.25, 0.3) is 11.0 Å². The van der Waals surface area contributed by atoms with Crippen molar-refractivity contribution < 1.29 is 24.4 Å². The molecule has 0 bridgehead atoms. The number of rotatable bonds is 6. The molecule has 2 aromatic rings. The standard InChI is InChI=1S/C24H30N6O6/c1-27-21-17(3-2-4-18(21)29(24(27)35)19-9-10-20(31)26-22(19)32)25-15-5-7-16(8-6-15)30(36)28-12-11-14(13-28)23(33)34/h2-4,14-16,19,25H,5-13H2,1H3,(H-,26,31,32,33,34)/p+1/t14-,15?,16?,19?/m0/s1. The fourth-order valence-corrected chi connectivity index (χ4v) is 5.80. The first-order valence-corrected chi connectivity index (χ1v) is 12.5. The average molecular weight is 500 g/mol. The van der Waals surface area contributed by atoms with Gasteiger partial charge in [-0.15, -0.1) is 5.01 Å². The van der Waals surface area contributed by atoms with E-state index in [9.17, 15) is 29.2 Å². The second-order valence-electron chi connectivity index (χ2n) is 10.0. The number of para-hydroxylation sites is 1. The van der Waals surface area contributed by atoms with Gasteiger partial charge < -0.3 is 10.4 Å². The number of imidazole rings is 1. The lowest BCUT2D eigenvalue weighted by atomic mass is 9.91. The molecular formula is C24H31N6O6+. The zero-order valence-electron chi connectivity index (χ0n) is 20.2. The largest absolute Gasteiger partial charge is 0.481 e. The summed E-state index contributed by atoms with van der Waals surface area (Å²) in [6.07, 6.45) is 3.85. The molecule has 1 unspecified atom stereocenters. The Balaban J connectivity index is 1.29. The van der Waals surface area contributed by atoms with Gasteiger partial charge in [0.1, 0.15) is 10.9 Å².